The molecule has 96 valence electrons. The molecule has 0 rings (SSSR count). The Kier molecular flexibility index (Phi) is 4.56. The molecule has 0 aromatic rings. The summed E-state index contributed by atoms with van der Waals surface area (Å²) in [5, 5.41) is 8.13. The molecule has 0 aliphatic rings. The summed E-state index contributed by atoms with van der Waals surface area (Å²) in [5.74, 6) is -1.76. The van der Waals surface area contributed by atoms with Gasteiger partial charge in [0.15, 0.2) is 0 Å². The van der Waals surface area contributed by atoms with Gasteiger partial charge in [0.2, 0.25) is 6.10 Å². The van der Waals surface area contributed by atoms with Crippen molar-refractivity contribution in [3.8, 4) is 0 Å². The third-order valence-electron chi connectivity index (χ3n) is 1.35. The molecule has 0 bridgehead atoms. The van der Waals surface area contributed by atoms with Crippen molar-refractivity contribution in [2.24, 2.45) is 5.73 Å². The van der Waals surface area contributed by atoms with Gasteiger partial charge in [-0.2, -0.15) is 26.3 Å². The van der Waals surface area contributed by atoms with E-state index < -0.39 is 37.1 Å². The van der Waals surface area contributed by atoms with Crippen LogP contribution in [0.3, 0.4) is 0 Å². The van der Waals surface area contributed by atoms with Gasteiger partial charge in [0.05, 0.1) is 6.61 Å². The zero-order chi connectivity index (χ0) is 13.1. The van der Waals surface area contributed by atoms with Gasteiger partial charge in [0.25, 0.3) is 0 Å². The Morgan fingerprint density at radius 2 is 1.56 bits per heavy atom. The molecule has 0 aliphatic heterocycles. The summed E-state index contributed by atoms with van der Waals surface area (Å²) in [4.78, 5) is 10.0. The van der Waals surface area contributed by atoms with Crippen LogP contribution in [-0.2, 0) is 9.53 Å². The van der Waals surface area contributed by atoms with Crippen molar-refractivity contribution in [3.63, 3.8) is 0 Å². The molecule has 0 fully saturated rings. The number of carboxylic acid groups (broad SMARTS) is 1. The number of aliphatic carboxylic acids is 1. The van der Waals surface area contributed by atoms with E-state index in [-0.39, 0.29) is 0 Å². The first-order valence-electron chi connectivity index (χ1n) is 3.69. The van der Waals surface area contributed by atoms with E-state index in [1.54, 1.807) is 0 Å². The number of carboxylic acids is 1. The quantitative estimate of drug-likeness (QED) is 0.732. The van der Waals surface area contributed by atoms with Crippen LogP contribution in [0.15, 0.2) is 0 Å². The van der Waals surface area contributed by atoms with E-state index in [9.17, 15) is 31.1 Å². The number of hydrogen-bond donors (Lipinski definition) is 2. The van der Waals surface area contributed by atoms with Gasteiger partial charge in [0, 0.05) is 0 Å². The highest BCUT2D eigenvalue weighted by molar-refractivity contribution is 5.73. The van der Waals surface area contributed by atoms with E-state index >= 15 is 0 Å². The minimum absolute atomic E-state index is 1.39. The van der Waals surface area contributed by atoms with Crippen molar-refractivity contribution in [3.05, 3.63) is 0 Å². The summed E-state index contributed by atoms with van der Waals surface area (Å²) in [6, 6.07) is -1.95. The maximum absolute atomic E-state index is 11.8. The zero-order valence-electron chi connectivity index (χ0n) is 7.47. The summed E-state index contributed by atoms with van der Waals surface area (Å²) >= 11 is 0. The van der Waals surface area contributed by atoms with Gasteiger partial charge in [-0.3, -0.25) is 4.79 Å². The molecule has 16 heavy (non-hydrogen) atoms. The van der Waals surface area contributed by atoms with E-state index in [4.69, 9.17) is 10.8 Å². The lowest BCUT2D eigenvalue weighted by Crippen LogP contribution is -2.47. The van der Waals surface area contributed by atoms with Gasteiger partial charge in [-0.25, -0.2) is 0 Å². The molecule has 0 aliphatic carbocycles. The fourth-order valence-corrected chi connectivity index (χ4v) is 0.646. The summed E-state index contributed by atoms with van der Waals surface area (Å²) in [6.07, 6.45) is -15.4. The number of ether oxygens (including phenoxy) is 1. The van der Waals surface area contributed by atoms with E-state index in [2.05, 4.69) is 4.74 Å². The number of alkyl halides is 6. The van der Waals surface area contributed by atoms with E-state index in [1.165, 1.54) is 0 Å². The smallest absolute Gasteiger partial charge is 0.423 e. The van der Waals surface area contributed by atoms with Crippen LogP contribution in [0.4, 0.5) is 26.3 Å². The molecule has 0 aromatic carbocycles. The second-order valence-corrected chi connectivity index (χ2v) is 2.74. The maximum Gasteiger partial charge on any atom is 0.423 e. The number of nitrogens with two attached hydrogens (primary N) is 1. The minimum atomic E-state index is -5.67. The van der Waals surface area contributed by atoms with Crippen LogP contribution >= 0.6 is 0 Å². The summed E-state index contributed by atoms with van der Waals surface area (Å²) in [6.45, 7) is -1.39. The van der Waals surface area contributed by atoms with Crippen molar-refractivity contribution in [1.29, 1.82) is 0 Å². The lowest BCUT2D eigenvalue weighted by molar-refractivity contribution is -0.322. The first kappa shape index (κ1) is 15.0. The largest absolute Gasteiger partial charge is 0.480 e. The molecule has 0 spiro atoms. The molecule has 0 heterocycles. The average molecular weight is 255 g/mol. The van der Waals surface area contributed by atoms with E-state index in [1.807, 2.05) is 0 Å². The molecule has 0 amide bonds. The SMILES string of the molecule is NC(COC(C(F)(F)F)C(F)(F)F)C(=O)O. The van der Waals surface area contributed by atoms with Crippen molar-refractivity contribution in [2.75, 3.05) is 6.61 Å². The topological polar surface area (TPSA) is 72.5 Å². The van der Waals surface area contributed by atoms with Gasteiger partial charge in [-0.1, -0.05) is 0 Å². The molecule has 0 saturated heterocycles. The second-order valence-electron chi connectivity index (χ2n) is 2.74. The van der Waals surface area contributed by atoms with Crippen molar-refractivity contribution >= 4 is 5.97 Å². The van der Waals surface area contributed by atoms with Crippen LogP contribution in [0.5, 0.6) is 0 Å². The van der Waals surface area contributed by atoms with Crippen molar-refractivity contribution in [1.82, 2.24) is 0 Å². The first-order valence-corrected chi connectivity index (χ1v) is 3.69. The Morgan fingerprint density at radius 1 is 1.19 bits per heavy atom. The molecule has 1 unspecified atom stereocenters. The molecule has 10 heteroatoms. The Labute approximate surface area is 85.0 Å². The molecular weight excluding hydrogens is 248 g/mol. The minimum Gasteiger partial charge on any atom is -0.480 e. The van der Waals surface area contributed by atoms with Crippen LogP contribution in [0, 0.1) is 0 Å². The fraction of sp³-hybridized carbons (Fsp3) is 0.833. The van der Waals surface area contributed by atoms with E-state index in [0.717, 1.165) is 0 Å². The average Bonchev–Trinajstić information content (AvgIpc) is 1.98. The molecule has 4 nitrogen and oxygen atoms in total. The highest BCUT2D eigenvalue weighted by Gasteiger charge is 2.58. The third kappa shape index (κ3) is 4.66. The molecule has 0 aromatic heterocycles. The third-order valence-corrected chi connectivity index (χ3v) is 1.35. The van der Waals surface area contributed by atoms with Crippen LogP contribution in [-0.4, -0.2) is 42.2 Å². The molecule has 1 atom stereocenters. The maximum atomic E-state index is 11.8. The number of rotatable bonds is 4. The predicted octanol–water partition coefficient (Wildman–Crippen LogP) is 0.908. The van der Waals surface area contributed by atoms with Crippen molar-refractivity contribution in [2.45, 2.75) is 24.5 Å². The standard InChI is InChI=1S/C6H7F6NO3/c7-5(8,9)4(6(10,11)12)16-1-2(13)3(14)15/h2,4H,1,13H2,(H,14,15). The molecule has 0 saturated carbocycles. The van der Waals surface area contributed by atoms with Gasteiger partial charge >= 0.3 is 18.3 Å². The number of carbonyl (C=O) groups is 1. The van der Waals surface area contributed by atoms with Gasteiger partial charge in [-0.05, 0) is 0 Å². The lowest BCUT2D eigenvalue weighted by Gasteiger charge is -2.23. The normalized spacial score (nSPS) is 15.2. The Morgan fingerprint density at radius 3 is 1.81 bits per heavy atom. The summed E-state index contributed by atoms with van der Waals surface area (Å²) < 4.78 is 74.4. The summed E-state index contributed by atoms with van der Waals surface area (Å²) in [7, 11) is 0. The van der Waals surface area contributed by atoms with Crippen LogP contribution in [0.1, 0.15) is 0 Å². The van der Waals surface area contributed by atoms with Crippen molar-refractivity contribution < 1.29 is 41.0 Å². The van der Waals surface area contributed by atoms with Gasteiger partial charge in [0.1, 0.15) is 6.04 Å². The Balaban J connectivity index is 4.54. The van der Waals surface area contributed by atoms with Crippen LogP contribution < -0.4 is 5.73 Å². The highest BCUT2D eigenvalue weighted by Crippen LogP contribution is 2.35. The number of hydrogen-bond acceptors (Lipinski definition) is 3. The van der Waals surface area contributed by atoms with Gasteiger partial charge in [-0.15, -0.1) is 0 Å². The van der Waals surface area contributed by atoms with Gasteiger partial charge < -0.3 is 15.6 Å². The molecule has 3 N–H and O–H groups in total. The molecular formula is C6H7F6NO3. The monoisotopic (exact) mass is 255 g/mol. The van der Waals surface area contributed by atoms with Crippen LogP contribution in [0.2, 0.25) is 0 Å². The second kappa shape index (κ2) is 4.87. The first-order chi connectivity index (χ1) is 6.96. The zero-order valence-corrected chi connectivity index (χ0v) is 7.47. The Hall–Kier alpha value is -1.03. The Bertz CT molecular complexity index is 236. The van der Waals surface area contributed by atoms with E-state index in [0.29, 0.717) is 0 Å². The number of halogens is 6. The fourth-order valence-electron chi connectivity index (χ4n) is 0.646. The van der Waals surface area contributed by atoms with Crippen LogP contribution in [0.25, 0.3) is 0 Å². The summed E-state index contributed by atoms with van der Waals surface area (Å²) in [5.41, 5.74) is 4.69. The predicted molar refractivity (Wildman–Crippen MR) is 37.5 cm³/mol. The lowest BCUT2D eigenvalue weighted by atomic mass is 10.3. The highest BCUT2D eigenvalue weighted by atomic mass is 19.4. The molecule has 0 radical (unpaired) electrons.